The highest BCUT2D eigenvalue weighted by Crippen LogP contribution is 2.30. The van der Waals surface area contributed by atoms with Crippen molar-refractivity contribution in [3.05, 3.63) is 35.2 Å². The van der Waals surface area contributed by atoms with Crippen molar-refractivity contribution in [2.45, 2.75) is 44.6 Å². The number of carbonyl (C=O) groups excluding carboxylic acids is 3. The summed E-state index contributed by atoms with van der Waals surface area (Å²) in [6, 6.07) is 5.57. The second-order valence-electron chi connectivity index (χ2n) is 11.0. The maximum absolute atomic E-state index is 13.6. The van der Waals surface area contributed by atoms with Gasteiger partial charge in [-0.15, -0.1) is 11.3 Å². The predicted molar refractivity (Wildman–Crippen MR) is 155 cm³/mol. The second-order valence-corrected chi connectivity index (χ2v) is 11.8. The number of amides is 2. The Morgan fingerprint density at radius 3 is 2.63 bits per heavy atom. The molecule has 222 valence electrons. The van der Waals surface area contributed by atoms with Crippen molar-refractivity contribution in [1.29, 1.82) is 0 Å². The number of benzene rings is 1. The quantitative estimate of drug-likeness (QED) is 0.424. The molecule has 41 heavy (non-hydrogen) atoms. The summed E-state index contributed by atoms with van der Waals surface area (Å²) >= 11 is 1.62. The Labute approximate surface area is 244 Å². The number of carbonyl (C=O) groups is 3. The van der Waals surface area contributed by atoms with Gasteiger partial charge in [0, 0.05) is 56.3 Å². The zero-order valence-corrected chi connectivity index (χ0v) is 24.6. The van der Waals surface area contributed by atoms with Crippen molar-refractivity contribution in [2.24, 2.45) is 5.92 Å². The molecule has 3 aliphatic heterocycles. The molecular formula is C29H39N5O6S. The monoisotopic (exact) mass is 585 g/mol. The van der Waals surface area contributed by atoms with E-state index in [2.05, 4.69) is 15.1 Å². The first-order valence-electron chi connectivity index (χ1n) is 14.3. The number of piperazine rings is 1. The van der Waals surface area contributed by atoms with Crippen LogP contribution in [0, 0.1) is 5.92 Å². The fourth-order valence-electron chi connectivity index (χ4n) is 5.66. The lowest BCUT2D eigenvalue weighted by Crippen LogP contribution is -2.54. The van der Waals surface area contributed by atoms with Gasteiger partial charge >= 0.3 is 0 Å². The number of rotatable bonds is 10. The minimum absolute atomic E-state index is 0.0105. The topological polar surface area (TPSA) is 125 Å². The van der Waals surface area contributed by atoms with Crippen LogP contribution in [-0.4, -0.2) is 121 Å². The highest BCUT2D eigenvalue weighted by Gasteiger charge is 2.53. The van der Waals surface area contributed by atoms with Crippen molar-refractivity contribution in [1.82, 2.24) is 20.1 Å². The molecule has 0 radical (unpaired) electrons. The number of likely N-dealkylation sites (tertiary alicyclic amines) is 1. The molecule has 2 aromatic rings. The SMILES string of the molecule is CC[C@H](C)[C@H](NC(=O)c1ccc(-c2csc(N3CCN(CCOC)CC3)n2)cc1)C(=O)N1C[C@@H](O)[C@H]2OCC(=O)[C@H]21. The van der Waals surface area contributed by atoms with Gasteiger partial charge in [0.1, 0.15) is 30.9 Å². The first-order valence-corrected chi connectivity index (χ1v) is 15.1. The van der Waals surface area contributed by atoms with Crippen LogP contribution in [-0.2, 0) is 19.1 Å². The van der Waals surface area contributed by atoms with Crippen molar-refractivity contribution >= 4 is 34.1 Å². The highest BCUT2D eigenvalue weighted by molar-refractivity contribution is 7.14. The van der Waals surface area contributed by atoms with E-state index in [1.54, 1.807) is 30.6 Å². The molecule has 0 bridgehead atoms. The summed E-state index contributed by atoms with van der Waals surface area (Å²) in [5.41, 5.74) is 2.20. The van der Waals surface area contributed by atoms with Crippen molar-refractivity contribution < 1.29 is 29.0 Å². The first kappa shape index (κ1) is 29.6. The van der Waals surface area contributed by atoms with Crippen LogP contribution >= 0.6 is 11.3 Å². The average Bonchev–Trinajstić information content (AvgIpc) is 3.72. The maximum Gasteiger partial charge on any atom is 0.251 e. The number of methoxy groups -OCH3 is 1. The van der Waals surface area contributed by atoms with Crippen molar-refractivity contribution in [2.75, 3.05) is 64.5 Å². The third kappa shape index (κ3) is 6.31. The molecular weight excluding hydrogens is 546 g/mol. The predicted octanol–water partition coefficient (Wildman–Crippen LogP) is 1.26. The zero-order chi connectivity index (χ0) is 29.1. The van der Waals surface area contributed by atoms with Gasteiger partial charge in [-0.3, -0.25) is 19.3 Å². The number of ketones is 1. The molecule has 0 saturated carbocycles. The zero-order valence-electron chi connectivity index (χ0n) is 23.8. The van der Waals surface area contributed by atoms with Gasteiger partial charge in [-0.2, -0.15) is 0 Å². The fourth-order valence-corrected chi connectivity index (χ4v) is 6.55. The minimum Gasteiger partial charge on any atom is -0.388 e. The smallest absolute Gasteiger partial charge is 0.251 e. The Morgan fingerprint density at radius 2 is 1.95 bits per heavy atom. The van der Waals surface area contributed by atoms with Crippen LogP contribution in [0.5, 0.6) is 0 Å². The number of ether oxygens (including phenoxy) is 2. The Balaban J connectivity index is 1.22. The standard InChI is InChI=1S/C29H39N5O6S/c1-4-18(2)24(28(38)34-15-22(35)26-25(34)23(36)16-40-26)31-27(37)20-7-5-19(6-8-20)21-17-41-29(30-21)33-11-9-32(10-12-33)13-14-39-3/h5-8,17-18,22,24-26,35H,4,9-16H2,1-3H3,(H,31,37)/t18-,22+,24-,25+,26+/m0/s1. The van der Waals surface area contributed by atoms with E-state index >= 15 is 0 Å². The number of thiazole rings is 1. The molecule has 11 nitrogen and oxygen atoms in total. The number of aliphatic hydroxyl groups excluding tert-OH is 1. The number of nitrogens with one attached hydrogen (secondary N) is 1. The molecule has 12 heteroatoms. The number of hydrogen-bond donors (Lipinski definition) is 2. The number of fused-ring (bicyclic) bond motifs is 1. The third-order valence-electron chi connectivity index (χ3n) is 8.40. The van der Waals surface area contributed by atoms with Gasteiger partial charge in [0.05, 0.1) is 18.8 Å². The number of hydrogen-bond acceptors (Lipinski definition) is 10. The van der Waals surface area contributed by atoms with E-state index in [-0.39, 0.29) is 36.7 Å². The normalized spacial score (nSPS) is 24.4. The fraction of sp³-hybridized carbons (Fsp3) is 0.586. The first-order chi connectivity index (χ1) is 19.8. The Bertz CT molecular complexity index is 1230. The van der Waals surface area contributed by atoms with Gasteiger partial charge in [-0.1, -0.05) is 32.4 Å². The lowest BCUT2D eigenvalue weighted by Gasteiger charge is -2.34. The number of β-amino-alcohol motifs (C(OH)–C–C–N with tert-alkyl or cyclic N) is 1. The largest absolute Gasteiger partial charge is 0.388 e. The van der Waals surface area contributed by atoms with E-state index in [4.69, 9.17) is 14.5 Å². The van der Waals surface area contributed by atoms with E-state index in [1.165, 1.54) is 4.90 Å². The van der Waals surface area contributed by atoms with Gasteiger partial charge in [0.15, 0.2) is 10.9 Å². The number of aromatic nitrogens is 1. The van der Waals surface area contributed by atoms with Crippen LogP contribution in [0.2, 0.25) is 0 Å². The minimum atomic E-state index is -0.923. The summed E-state index contributed by atoms with van der Waals surface area (Å²) in [7, 11) is 1.73. The van der Waals surface area contributed by atoms with E-state index in [0.717, 1.165) is 55.7 Å². The van der Waals surface area contributed by atoms with Crippen LogP contribution in [0.15, 0.2) is 29.6 Å². The number of Topliss-reactive ketones (excluding diaryl/α,β-unsaturated/α-hetero) is 1. The molecule has 3 fully saturated rings. The van der Waals surface area contributed by atoms with E-state index in [0.29, 0.717) is 12.0 Å². The number of aliphatic hydroxyl groups is 1. The van der Waals surface area contributed by atoms with E-state index in [1.807, 2.05) is 31.4 Å². The Kier molecular flexibility index (Phi) is 9.35. The van der Waals surface area contributed by atoms with Crippen LogP contribution in [0.1, 0.15) is 30.6 Å². The summed E-state index contributed by atoms with van der Waals surface area (Å²) in [6.07, 6.45) is -0.976. The molecule has 0 aliphatic carbocycles. The maximum atomic E-state index is 13.6. The van der Waals surface area contributed by atoms with E-state index < -0.39 is 24.3 Å². The molecule has 2 amide bonds. The average molecular weight is 586 g/mol. The number of nitrogens with zero attached hydrogens (tertiary/aromatic N) is 4. The molecule has 5 atom stereocenters. The van der Waals surface area contributed by atoms with Crippen LogP contribution in [0.4, 0.5) is 5.13 Å². The Morgan fingerprint density at radius 1 is 1.22 bits per heavy atom. The molecule has 1 aromatic carbocycles. The highest BCUT2D eigenvalue weighted by atomic mass is 32.1. The molecule has 0 unspecified atom stereocenters. The molecule has 2 N–H and O–H groups in total. The van der Waals surface area contributed by atoms with Crippen molar-refractivity contribution in [3.8, 4) is 11.3 Å². The summed E-state index contributed by atoms with van der Waals surface area (Å²) < 4.78 is 10.6. The summed E-state index contributed by atoms with van der Waals surface area (Å²) in [5, 5.41) is 16.3. The molecule has 3 aliphatic rings. The second kappa shape index (κ2) is 13.0. The Hall–Kier alpha value is -2.90. The lowest BCUT2D eigenvalue weighted by molar-refractivity contribution is -0.139. The van der Waals surface area contributed by atoms with Gasteiger partial charge in [0.2, 0.25) is 5.91 Å². The molecule has 5 rings (SSSR count). The summed E-state index contributed by atoms with van der Waals surface area (Å²) in [6.45, 7) is 9.21. The molecule has 3 saturated heterocycles. The van der Waals surface area contributed by atoms with Crippen LogP contribution in [0.25, 0.3) is 11.3 Å². The van der Waals surface area contributed by atoms with Gasteiger partial charge < -0.3 is 29.7 Å². The molecule has 1 aromatic heterocycles. The van der Waals surface area contributed by atoms with Crippen LogP contribution in [0.3, 0.4) is 0 Å². The van der Waals surface area contributed by atoms with Crippen molar-refractivity contribution in [3.63, 3.8) is 0 Å². The number of anilines is 1. The van der Waals surface area contributed by atoms with Crippen LogP contribution < -0.4 is 10.2 Å². The van der Waals surface area contributed by atoms with E-state index in [9.17, 15) is 19.5 Å². The lowest BCUT2D eigenvalue weighted by atomic mass is 9.96. The van der Waals surface area contributed by atoms with Gasteiger partial charge in [-0.05, 0) is 18.1 Å². The summed E-state index contributed by atoms with van der Waals surface area (Å²) in [4.78, 5) is 50.1. The molecule has 4 heterocycles. The summed E-state index contributed by atoms with van der Waals surface area (Å²) in [5.74, 6) is -1.14. The van der Waals surface area contributed by atoms with Gasteiger partial charge in [-0.25, -0.2) is 4.98 Å². The van der Waals surface area contributed by atoms with Gasteiger partial charge in [0.25, 0.3) is 5.91 Å². The third-order valence-corrected chi connectivity index (χ3v) is 9.30. The molecule has 0 spiro atoms.